The number of anilines is 1. The standard InChI is InChI=1S/C14H16N2O3/c1-8(2)7-11(17)16-12-13(18)9-5-3-4-6-10(9)15-14(12)19/h3-6,8H,7H2,1-2H3,(H,16,17)(H2,15,18,19). The van der Waals surface area contributed by atoms with Gasteiger partial charge in [-0.1, -0.05) is 26.0 Å². The summed E-state index contributed by atoms with van der Waals surface area (Å²) in [4.78, 5) is 26.2. The Bertz CT molecular complexity index is 674. The fourth-order valence-electron chi connectivity index (χ4n) is 1.90. The summed E-state index contributed by atoms with van der Waals surface area (Å²) in [6.45, 7) is 3.81. The number of aromatic hydroxyl groups is 1. The van der Waals surface area contributed by atoms with E-state index >= 15 is 0 Å². The molecule has 0 radical (unpaired) electrons. The van der Waals surface area contributed by atoms with E-state index in [1.165, 1.54) is 0 Å². The van der Waals surface area contributed by atoms with Crippen LogP contribution in [0.3, 0.4) is 0 Å². The molecular formula is C14H16N2O3. The van der Waals surface area contributed by atoms with Gasteiger partial charge >= 0.3 is 0 Å². The number of H-pyrrole nitrogens is 1. The Labute approximate surface area is 110 Å². The summed E-state index contributed by atoms with van der Waals surface area (Å²) in [5.74, 6) is -0.302. The van der Waals surface area contributed by atoms with E-state index in [-0.39, 0.29) is 23.3 Å². The number of carbonyl (C=O) groups excluding carboxylic acids is 1. The van der Waals surface area contributed by atoms with Crippen molar-refractivity contribution in [2.24, 2.45) is 5.92 Å². The molecule has 0 aliphatic heterocycles. The summed E-state index contributed by atoms with van der Waals surface area (Å²) in [6, 6.07) is 6.88. The fourth-order valence-corrected chi connectivity index (χ4v) is 1.90. The van der Waals surface area contributed by atoms with Crippen molar-refractivity contribution in [1.82, 2.24) is 4.98 Å². The molecule has 19 heavy (non-hydrogen) atoms. The Kier molecular flexibility index (Phi) is 3.55. The number of para-hydroxylation sites is 1. The highest BCUT2D eigenvalue weighted by Crippen LogP contribution is 2.27. The third-order valence-corrected chi connectivity index (χ3v) is 2.75. The molecule has 3 N–H and O–H groups in total. The fraction of sp³-hybridized carbons (Fsp3) is 0.286. The maximum Gasteiger partial charge on any atom is 0.276 e. The molecule has 1 amide bonds. The number of carbonyl (C=O) groups is 1. The summed E-state index contributed by atoms with van der Waals surface area (Å²) in [6.07, 6.45) is 0.297. The SMILES string of the molecule is CC(C)CC(=O)Nc1c(O)c2ccccc2[nH]c1=O. The van der Waals surface area contributed by atoms with Gasteiger partial charge in [0.05, 0.1) is 5.52 Å². The second kappa shape index (κ2) is 5.14. The molecular weight excluding hydrogens is 244 g/mol. The Balaban J connectivity index is 2.43. The minimum absolute atomic E-state index is 0.0932. The van der Waals surface area contributed by atoms with E-state index in [1.54, 1.807) is 24.3 Å². The van der Waals surface area contributed by atoms with Crippen LogP contribution in [0.15, 0.2) is 29.1 Å². The van der Waals surface area contributed by atoms with E-state index in [2.05, 4.69) is 10.3 Å². The van der Waals surface area contributed by atoms with Gasteiger partial charge in [0.1, 0.15) is 5.69 Å². The van der Waals surface area contributed by atoms with Gasteiger partial charge in [0, 0.05) is 11.8 Å². The Morgan fingerprint density at radius 3 is 2.74 bits per heavy atom. The van der Waals surface area contributed by atoms with Crippen LogP contribution >= 0.6 is 0 Å². The van der Waals surface area contributed by atoms with Crippen LogP contribution in [-0.4, -0.2) is 16.0 Å². The van der Waals surface area contributed by atoms with Crippen LogP contribution in [0.25, 0.3) is 10.9 Å². The molecule has 0 aliphatic rings. The average Bonchev–Trinajstić information content (AvgIpc) is 2.33. The quantitative estimate of drug-likeness (QED) is 0.791. The molecule has 0 fully saturated rings. The van der Waals surface area contributed by atoms with Gasteiger partial charge in [-0.2, -0.15) is 0 Å². The topological polar surface area (TPSA) is 82.2 Å². The normalized spacial score (nSPS) is 10.9. The van der Waals surface area contributed by atoms with Crippen molar-refractivity contribution in [3.63, 3.8) is 0 Å². The van der Waals surface area contributed by atoms with Gasteiger partial charge in [-0.25, -0.2) is 0 Å². The molecule has 2 aromatic rings. The highest BCUT2D eigenvalue weighted by Gasteiger charge is 2.14. The van der Waals surface area contributed by atoms with Crippen molar-refractivity contribution in [2.45, 2.75) is 20.3 Å². The summed E-state index contributed by atoms with van der Waals surface area (Å²) in [5.41, 5.74) is -0.0653. The summed E-state index contributed by atoms with van der Waals surface area (Å²) in [5, 5.41) is 13.0. The van der Waals surface area contributed by atoms with Crippen molar-refractivity contribution >= 4 is 22.5 Å². The Hall–Kier alpha value is -2.30. The van der Waals surface area contributed by atoms with Crippen LogP contribution in [-0.2, 0) is 4.79 Å². The van der Waals surface area contributed by atoms with Crippen molar-refractivity contribution in [2.75, 3.05) is 5.32 Å². The minimum atomic E-state index is -0.506. The summed E-state index contributed by atoms with van der Waals surface area (Å²) in [7, 11) is 0. The lowest BCUT2D eigenvalue weighted by atomic mass is 10.1. The van der Waals surface area contributed by atoms with Crippen molar-refractivity contribution < 1.29 is 9.90 Å². The number of hydrogen-bond donors (Lipinski definition) is 3. The first-order valence-electron chi connectivity index (χ1n) is 6.13. The Morgan fingerprint density at radius 1 is 1.37 bits per heavy atom. The van der Waals surface area contributed by atoms with Crippen LogP contribution in [0, 0.1) is 5.92 Å². The molecule has 5 heteroatoms. The van der Waals surface area contributed by atoms with Crippen molar-refractivity contribution in [3.8, 4) is 5.75 Å². The van der Waals surface area contributed by atoms with E-state index in [9.17, 15) is 14.7 Å². The lowest BCUT2D eigenvalue weighted by Gasteiger charge is -2.09. The first kappa shape index (κ1) is 13.1. The highest BCUT2D eigenvalue weighted by molar-refractivity contribution is 5.97. The molecule has 2 rings (SSSR count). The number of aromatic amines is 1. The molecule has 1 aromatic carbocycles. The van der Waals surface area contributed by atoms with Gasteiger partial charge in [0.15, 0.2) is 5.75 Å². The second-order valence-electron chi connectivity index (χ2n) is 4.87. The summed E-state index contributed by atoms with van der Waals surface area (Å²) < 4.78 is 0. The first-order valence-corrected chi connectivity index (χ1v) is 6.13. The van der Waals surface area contributed by atoms with E-state index in [0.717, 1.165) is 0 Å². The number of nitrogens with one attached hydrogen (secondary N) is 2. The minimum Gasteiger partial charge on any atom is -0.505 e. The van der Waals surface area contributed by atoms with Gasteiger partial charge < -0.3 is 15.4 Å². The molecule has 0 aliphatic carbocycles. The first-order chi connectivity index (χ1) is 8.99. The molecule has 0 atom stereocenters. The summed E-state index contributed by atoms with van der Waals surface area (Å²) >= 11 is 0. The van der Waals surface area contributed by atoms with Crippen LogP contribution in [0.1, 0.15) is 20.3 Å². The van der Waals surface area contributed by atoms with Crippen molar-refractivity contribution in [3.05, 3.63) is 34.6 Å². The molecule has 100 valence electrons. The zero-order valence-electron chi connectivity index (χ0n) is 10.9. The number of pyridine rings is 1. The van der Waals surface area contributed by atoms with Gasteiger partial charge in [0.25, 0.3) is 5.56 Å². The van der Waals surface area contributed by atoms with Crippen LogP contribution < -0.4 is 10.9 Å². The number of aromatic nitrogens is 1. The zero-order valence-corrected chi connectivity index (χ0v) is 10.9. The maximum absolute atomic E-state index is 11.8. The van der Waals surface area contributed by atoms with E-state index in [1.807, 2.05) is 13.8 Å². The molecule has 0 saturated carbocycles. The molecule has 5 nitrogen and oxygen atoms in total. The third-order valence-electron chi connectivity index (χ3n) is 2.75. The second-order valence-corrected chi connectivity index (χ2v) is 4.87. The number of benzene rings is 1. The van der Waals surface area contributed by atoms with Crippen LogP contribution in [0.2, 0.25) is 0 Å². The van der Waals surface area contributed by atoms with E-state index in [4.69, 9.17) is 0 Å². The highest BCUT2D eigenvalue weighted by atomic mass is 16.3. The van der Waals surface area contributed by atoms with Gasteiger partial charge in [-0.15, -0.1) is 0 Å². The molecule has 0 unspecified atom stereocenters. The largest absolute Gasteiger partial charge is 0.505 e. The lowest BCUT2D eigenvalue weighted by molar-refractivity contribution is -0.116. The number of fused-ring (bicyclic) bond motifs is 1. The molecule has 1 heterocycles. The lowest BCUT2D eigenvalue weighted by Crippen LogP contribution is -2.21. The predicted octanol–water partition coefficient (Wildman–Crippen LogP) is 2.22. The van der Waals surface area contributed by atoms with Crippen LogP contribution in [0.5, 0.6) is 5.75 Å². The maximum atomic E-state index is 11.8. The molecule has 0 saturated heterocycles. The predicted molar refractivity (Wildman–Crippen MR) is 74.3 cm³/mol. The van der Waals surface area contributed by atoms with Gasteiger partial charge in [0.2, 0.25) is 5.91 Å². The number of hydrogen-bond acceptors (Lipinski definition) is 3. The Morgan fingerprint density at radius 2 is 2.05 bits per heavy atom. The van der Waals surface area contributed by atoms with Crippen molar-refractivity contribution in [1.29, 1.82) is 0 Å². The molecule has 1 aromatic heterocycles. The number of rotatable bonds is 3. The van der Waals surface area contributed by atoms with E-state index in [0.29, 0.717) is 17.3 Å². The molecule has 0 spiro atoms. The monoisotopic (exact) mass is 260 g/mol. The van der Waals surface area contributed by atoms with Gasteiger partial charge in [-0.3, -0.25) is 9.59 Å². The molecule has 0 bridgehead atoms. The van der Waals surface area contributed by atoms with Crippen LogP contribution in [0.4, 0.5) is 5.69 Å². The average molecular weight is 260 g/mol. The zero-order chi connectivity index (χ0) is 14.0. The smallest absolute Gasteiger partial charge is 0.276 e. The van der Waals surface area contributed by atoms with E-state index < -0.39 is 5.56 Å². The van der Waals surface area contributed by atoms with Gasteiger partial charge in [-0.05, 0) is 18.1 Å². The number of amides is 1. The third kappa shape index (κ3) is 2.76.